The second-order valence-electron chi connectivity index (χ2n) is 7.31. The molecule has 1 saturated heterocycles. The van der Waals surface area contributed by atoms with Crippen molar-refractivity contribution in [3.8, 4) is 0 Å². The molecule has 1 aliphatic heterocycles. The molecule has 154 valence electrons. The molecule has 0 spiro atoms. The fraction of sp³-hybridized carbons (Fsp3) is 0.429. The van der Waals surface area contributed by atoms with Crippen LogP contribution in [0.15, 0.2) is 28.7 Å². The average Bonchev–Trinajstić information content (AvgIpc) is 3.08. The number of morpholine rings is 1. The molecule has 0 unspecified atom stereocenters. The third-order valence-corrected chi connectivity index (χ3v) is 6.96. The van der Waals surface area contributed by atoms with Crippen LogP contribution < -0.4 is 10.6 Å². The van der Waals surface area contributed by atoms with Crippen molar-refractivity contribution in [1.82, 2.24) is 4.90 Å². The van der Waals surface area contributed by atoms with Crippen LogP contribution in [-0.4, -0.2) is 49.6 Å². The number of fused-ring (bicyclic) bond motifs is 1. The Kier molecular flexibility index (Phi) is 6.64. The summed E-state index contributed by atoms with van der Waals surface area (Å²) in [6.45, 7) is 3.14. The number of nitrogens with zero attached hydrogens (tertiary/aromatic N) is 1. The molecule has 1 aromatic heterocycles. The molecule has 0 atom stereocenters. The van der Waals surface area contributed by atoms with Crippen LogP contribution in [-0.2, 0) is 22.4 Å². The van der Waals surface area contributed by atoms with E-state index in [2.05, 4.69) is 31.5 Å². The van der Waals surface area contributed by atoms with Gasteiger partial charge in [-0.2, -0.15) is 0 Å². The number of thiophene rings is 1. The van der Waals surface area contributed by atoms with E-state index in [4.69, 9.17) is 4.74 Å². The van der Waals surface area contributed by atoms with Crippen LogP contribution in [0, 0.1) is 0 Å². The zero-order valence-electron chi connectivity index (χ0n) is 16.1. The van der Waals surface area contributed by atoms with Crippen molar-refractivity contribution in [2.45, 2.75) is 25.7 Å². The van der Waals surface area contributed by atoms with E-state index in [1.54, 1.807) is 11.3 Å². The average molecular weight is 478 g/mol. The van der Waals surface area contributed by atoms with Gasteiger partial charge in [-0.15, -0.1) is 11.3 Å². The number of anilines is 2. The zero-order valence-corrected chi connectivity index (χ0v) is 18.5. The highest BCUT2D eigenvalue weighted by Gasteiger charge is 2.27. The number of rotatable bonds is 5. The van der Waals surface area contributed by atoms with Crippen LogP contribution in [0.25, 0.3) is 0 Å². The fourth-order valence-electron chi connectivity index (χ4n) is 3.75. The minimum absolute atomic E-state index is 0.0804. The molecule has 0 saturated carbocycles. The molecule has 8 heteroatoms. The second kappa shape index (κ2) is 9.38. The molecular weight excluding hydrogens is 454 g/mol. The molecule has 2 amide bonds. The lowest BCUT2D eigenvalue weighted by molar-refractivity contribution is -0.118. The first-order chi connectivity index (χ1) is 14.1. The predicted octanol–water partition coefficient (Wildman–Crippen LogP) is 3.91. The Morgan fingerprint density at radius 1 is 1.07 bits per heavy atom. The van der Waals surface area contributed by atoms with Crippen LogP contribution in [0.1, 0.15) is 33.6 Å². The summed E-state index contributed by atoms with van der Waals surface area (Å²) in [5.41, 5.74) is 2.46. The maximum Gasteiger partial charge on any atom is 0.258 e. The summed E-state index contributed by atoms with van der Waals surface area (Å²) in [5, 5.41) is 6.68. The van der Waals surface area contributed by atoms with Crippen molar-refractivity contribution >= 4 is 49.8 Å². The maximum absolute atomic E-state index is 13.1. The molecule has 2 N–H and O–H groups in total. The van der Waals surface area contributed by atoms with Crippen molar-refractivity contribution in [2.24, 2.45) is 0 Å². The molecular formula is C21H24BrN3O3S. The molecule has 0 radical (unpaired) electrons. The van der Waals surface area contributed by atoms with Crippen LogP contribution in [0.5, 0.6) is 0 Å². The van der Waals surface area contributed by atoms with Gasteiger partial charge in [-0.05, 0) is 55.5 Å². The minimum atomic E-state index is -0.159. The van der Waals surface area contributed by atoms with Gasteiger partial charge in [0.1, 0.15) is 5.00 Å². The summed E-state index contributed by atoms with van der Waals surface area (Å²) in [6.07, 6.45) is 4.05. The number of nitrogens with one attached hydrogen (secondary N) is 2. The third-order valence-electron chi connectivity index (χ3n) is 5.22. The van der Waals surface area contributed by atoms with Gasteiger partial charge in [0.05, 0.1) is 25.3 Å². The Morgan fingerprint density at radius 2 is 1.79 bits per heavy atom. The van der Waals surface area contributed by atoms with E-state index in [0.717, 1.165) is 54.5 Å². The Hall–Kier alpha value is -1.74. The molecule has 1 aliphatic carbocycles. The predicted molar refractivity (Wildman–Crippen MR) is 119 cm³/mol. The number of ether oxygens (including phenoxy) is 1. The summed E-state index contributed by atoms with van der Waals surface area (Å²) in [6, 6.07) is 7.50. The van der Waals surface area contributed by atoms with Crippen LogP contribution in [0.3, 0.4) is 0 Å². The zero-order chi connectivity index (χ0) is 20.2. The molecule has 1 aromatic carbocycles. The Morgan fingerprint density at radius 3 is 2.55 bits per heavy atom. The van der Waals surface area contributed by atoms with Gasteiger partial charge in [0.25, 0.3) is 5.91 Å². The number of amides is 2. The van der Waals surface area contributed by atoms with Gasteiger partial charge in [-0.3, -0.25) is 14.5 Å². The number of hydrogen-bond acceptors (Lipinski definition) is 5. The standard InChI is InChI=1S/C21H24BrN3O3S/c22-14-5-7-15(8-6-14)23-20(27)19-16-3-1-2-4-17(16)29-21(19)24-18(26)13-25-9-11-28-12-10-25/h5-8H,1-4,9-13H2,(H,23,27)(H,24,26). The van der Waals surface area contributed by atoms with Crippen LogP contribution in [0.4, 0.5) is 10.7 Å². The van der Waals surface area contributed by atoms with Crippen LogP contribution in [0.2, 0.25) is 0 Å². The van der Waals surface area contributed by atoms with E-state index >= 15 is 0 Å². The highest BCUT2D eigenvalue weighted by atomic mass is 79.9. The van der Waals surface area contributed by atoms with E-state index in [1.165, 1.54) is 4.88 Å². The summed E-state index contributed by atoms with van der Waals surface area (Å²) in [5.74, 6) is -0.239. The van der Waals surface area contributed by atoms with Gasteiger partial charge >= 0.3 is 0 Å². The van der Waals surface area contributed by atoms with Crippen molar-refractivity contribution in [2.75, 3.05) is 43.5 Å². The molecule has 1 fully saturated rings. The van der Waals surface area contributed by atoms with Crippen molar-refractivity contribution in [3.05, 3.63) is 44.7 Å². The maximum atomic E-state index is 13.1. The number of aryl methyl sites for hydroxylation is 1. The molecule has 2 heterocycles. The molecule has 2 aromatic rings. The van der Waals surface area contributed by atoms with E-state index < -0.39 is 0 Å². The number of carbonyl (C=O) groups is 2. The lowest BCUT2D eigenvalue weighted by Crippen LogP contribution is -2.41. The van der Waals surface area contributed by atoms with Crippen molar-refractivity contribution in [3.63, 3.8) is 0 Å². The number of halogens is 1. The van der Waals surface area contributed by atoms with E-state index in [0.29, 0.717) is 30.3 Å². The highest BCUT2D eigenvalue weighted by molar-refractivity contribution is 9.10. The van der Waals surface area contributed by atoms with E-state index in [-0.39, 0.29) is 11.8 Å². The van der Waals surface area contributed by atoms with Gasteiger partial charge in [0.15, 0.2) is 0 Å². The molecule has 29 heavy (non-hydrogen) atoms. The monoisotopic (exact) mass is 477 g/mol. The Labute approximate surface area is 182 Å². The highest BCUT2D eigenvalue weighted by Crippen LogP contribution is 2.38. The number of carbonyl (C=O) groups excluding carboxylic acids is 2. The second-order valence-corrected chi connectivity index (χ2v) is 9.33. The van der Waals surface area contributed by atoms with Crippen molar-refractivity contribution in [1.29, 1.82) is 0 Å². The molecule has 0 bridgehead atoms. The first-order valence-electron chi connectivity index (χ1n) is 9.91. The largest absolute Gasteiger partial charge is 0.379 e. The van der Waals surface area contributed by atoms with E-state index in [9.17, 15) is 9.59 Å². The number of hydrogen-bond donors (Lipinski definition) is 2. The Balaban J connectivity index is 1.53. The summed E-state index contributed by atoms with van der Waals surface area (Å²) in [4.78, 5) is 29.1. The van der Waals surface area contributed by atoms with Gasteiger partial charge in [-0.1, -0.05) is 15.9 Å². The fourth-order valence-corrected chi connectivity index (χ4v) is 5.32. The lowest BCUT2D eigenvalue weighted by Gasteiger charge is -2.25. The third kappa shape index (κ3) is 5.06. The Bertz CT molecular complexity index is 891. The van der Waals surface area contributed by atoms with Gasteiger partial charge in [0, 0.05) is 28.1 Å². The normalized spacial score (nSPS) is 16.9. The smallest absolute Gasteiger partial charge is 0.258 e. The first-order valence-corrected chi connectivity index (χ1v) is 11.5. The SMILES string of the molecule is O=C(CN1CCOCC1)Nc1sc2c(c1C(=O)Nc1ccc(Br)cc1)CCCC2. The first kappa shape index (κ1) is 20.5. The van der Waals surface area contributed by atoms with Gasteiger partial charge in [-0.25, -0.2) is 0 Å². The molecule has 6 nitrogen and oxygen atoms in total. The molecule has 4 rings (SSSR count). The van der Waals surface area contributed by atoms with Crippen molar-refractivity contribution < 1.29 is 14.3 Å². The number of benzene rings is 1. The van der Waals surface area contributed by atoms with E-state index in [1.807, 2.05) is 24.3 Å². The lowest BCUT2D eigenvalue weighted by atomic mass is 9.95. The minimum Gasteiger partial charge on any atom is -0.379 e. The van der Waals surface area contributed by atoms with Crippen LogP contribution >= 0.6 is 27.3 Å². The topological polar surface area (TPSA) is 70.7 Å². The summed E-state index contributed by atoms with van der Waals surface area (Å²) < 4.78 is 6.30. The summed E-state index contributed by atoms with van der Waals surface area (Å²) >= 11 is 4.96. The van der Waals surface area contributed by atoms with Gasteiger partial charge in [0.2, 0.25) is 5.91 Å². The summed E-state index contributed by atoms with van der Waals surface area (Å²) in [7, 11) is 0. The quantitative estimate of drug-likeness (QED) is 0.684. The van der Waals surface area contributed by atoms with Gasteiger partial charge < -0.3 is 15.4 Å². The molecule has 2 aliphatic rings.